The van der Waals surface area contributed by atoms with Gasteiger partial charge in [-0.25, -0.2) is 0 Å². The van der Waals surface area contributed by atoms with E-state index >= 15 is 0 Å². The Morgan fingerprint density at radius 2 is 1.08 bits per heavy atom. The molecule has 1 fully saturated rings. The fourth-order valence-electron chi connectivity index (χ4n) is 14.9. The van der Waals surface area contributed by atoms with Gasteiger partial charge in [0.2, 0.25) is 0 Å². The first-order valence-corrected chi connectivity index (χ1v) is 29.0. The molecule has 7 aromatic carbocycles. The lowest BCUT2D eigenvalue weighted by atomic mass is 9.35. The zero-order valence-electron chi connectivity index (χ0n) is 48.8. The third-order valence-electron chi connectivity index (χ3n) is 19.9. The Bertz CT molecular complexity index is 3720. The van der Waals surface area contributed by atoms with E-state index in [1.165, 1.54) is 114 Å². The number of furan rings is 1. The lowest BCUT2D eigenvalue weighted by Gasteiger charge is -2.51. The van der Waals surface area contributed by atoms with Gasteiger partial charge in [0.15, 0.2) is 0 Å². The number of fused-ring (bicyclic) bond motifs is 10. The smallest absolute Gasteiger partial charge is 0.297 e. The summed E-state index contributed by atoms with van der Waals surface area (Å²) in [5.41, 5.74) is 24.6. The number of benzene rings is 7. The summed E-state index contributed by atoms with van der Waals surface area (Å²) in [6.07, 6.45) is 7.01. The van der Waals surface area contributed by atoms with Gasteiger partial charge in [-0.2, -0.15) is 0 Å². The Morgan fingerprint density at radius 1 is 0.468 bits per heavy atom. The predicted octanol–water partition coefficient (Wildman–Crippen LogP) is 18.2. The number of hydrogen-bond acceptors (Lipinski definition) is 4. The molecule has 0 saturated heterocycles. The molecule has 3 aliphatic heterocycles. The molecule has 4 nitrogen and oxygen atoms in total. The minimum atomic E-state index is -0.188. The molecule has 5 aliphatic rings. The molecule has 13 rings (SSSR count). The van der Waals surface area contributed by atoms with E-state index in [0.29, 0.717) is 0 Å². The molecule has 4 heterocycles. The fraction of sp³-hybridized carbons (Fsp3) is 0.389. The van der Waals surface area contributed by atoms with Crippen molar-refractivity contribution in [2.75, 3.05) is 14.7 Å². The highest BCUT2D eigenvalue weighted by atomic mass is 16.3. The van der Waals surface area contributed by atoms with Crippen LogP contribution >= 0.6 is 0 Å². The number of hydrogen-bond donors (Lipinski definition) is 0. The third-order valence-corrected chi connectivity index (χ3v) is 19.9. The second-order valence-corrected chi connectivity index (χ2v) is 28.8. The average molecular weight is 1010 g/mol. The molecule has 0 spiro atoms. The van der Waals surface area contributed by atoms with Crippen LogP contribution in [0.25, 0.3) is 22.1 Å². The first-order chi connectivity index (χ1) is 36.3. The average Bonchev–Trinajstić information content (AvgIpc) is 4.12. The van der Waals surface area contributed by atoms with Crippen LogP contribution in [-0.4, -0.2) is 12.3 Å². The van der Waals surface area contributed by atoms with Crippen LogP contribution in [0.2, 0.25) is 0 Å². The first kappa shape index (κ1) is 50.1. The SMILES string of the molecule is CC(C)(C)c1cccc(N2c3cc(C(C)(C)C)ccc3B3c4oc5cc6c(cc5c4N(c4ccc(C(C)(C)C)cc4-c4ccccc4)c4cc(N5c7ccccc7C7(C)CCCCC57C)cc2c43)C(C)(C)CCC6(C)C)c1. The third kappa shape index (κ3) is 7.37. The standard InChI is InChI=1S/C72H80BN3O/c1-66(2,3)46-26-23-27-49(38-46)74-59-40-48(68(7,8)9)30-32-56(59)73-63-60(74)41-50(76-58-29-20-19-28-53(58)71(14)34-21-22-35-72(71,76)15)42-61(63)75(57-33-31-47(67(4,5)6)39-51(57)45-24-17-16-18-25-45)64-52-43-54-55(44-62(52)77-65(64)73)70(12,13)37-36-69(54,10)11/h16-20,23-33,38-44H,21-22,34-37H2,1-15H3. The van der Waals surface area contributed by atoms with Crippen molar-refractivity contribution in [3.05, 3.63) is 173 Å². The topological polar surface area (TPSA) is 22.9 Å². The van der Waals surface area contributed by atoms with Gasteiger partial charge >= 0.3 is 0 Å². The first-order valence-electron chi connectivity index (χ1n) is 29.0. The maximum absolute atomic E-state index is 7.81. The van der Waals surface area contributed by atoms with Gasteiger partial charge in [0.25, 0.3) is 6.71 Å². The van der Waals surface area contributed by atoms with Gasteiger partial charge in [-0.05, 0) is 170 Å². The minimum absolute atomic E-state index is 0.00137. The Balaban J connectivity index is 1.22. The van der Waals surface area contributed by atoms with E-state index in [-0.39, 0.29) is 44.7 Å². The van der Waals surface area contributed by atoms with Crippen molar-refractivity contribution in [1.29, 1.82) is 0 Å². The molecule has 392 valence electrons. The van der Waals surface area contributed by atoms with E-state index in [1.54, 1.807) is 0 Å². The molecular formula is C72H80BN3O. The highest BCUT2D eigenvalue weighted by Crippen LogP contribution is 2.62. The van der Waals surface area contributed by atoms with Crippen molar-refractivity contribution < 1.29 is 4.42 Å². The van der Waals surface area contributed by atoms with Crippen molar-refractivity contribution in [3.8, 4) is 11.1 Å². The Morgan fingerprint density at radius 3 is 1.78 bits per heavy atom. The van der Waals surface area contributed by atoms with Gasteiger partial charge in [-0.3, -0.25) is 0 Å². The maximum Gasteiger partial charge on any atom is 0.297 e. The van der Waals surface area contributed by atoms with Gasteiger partial charge in [0, 0.05) is 50.5 Å². The fourth-order valence-corrected chi connectivity index (χ4v) is 14.9. The van der Waals surface area contributed by atoms with Crippen molar-refractivity contribution in [2.45, 2.75) is 180 Å². The number of anilines is 8. The van der Waals surface area contributed by atoms with Crippen LogP contribution < -0.4 is 31.3 Å². The summed E-state index contributed by atoms with van der Waals surface area (Å²) >= 11 is 0. The van der Waals surface area contributed by atoms with Gasteiger partial charge in [0.1, 0.15) is 5.58 Å². The zero-order chi connectivity index (χ0) is 54.1. The quantitative estimate of drug-likeness (QED) is 0.164. The van der Waals surface area contributed by atoms with Crippen molar-refractivity contribution in [1.82, 2.24) is 0 Å². The summed E-state index contributed by atoms with van der Waals surface area (Å²) in [5, 5.41) is 1.19. The van der Waals surface area contributed by atoms with Crippen LogP contribution in [0.5, 0.6) is 0 Å². The highest BCUT2D eigenvalue weighted by Gasteiger charge is 2.58. The second kappa shape index (κ2) is 16.5. The molecule has 1 aromatic heterocycles. The summed E-state index contributed by atoms with van der Waals surface area (Å²) in [4.78, 5) is 8.14. The van der Waals surface area contributed by atoms with Crippen molar-refractivity contribution in [2.24, 2.45) is 0 Å². The lowest BCUT2D eigenvalue weighted by Crippen LogP contribution is -2.61. The van der Waals surface area contributed by atoms with E-state index in [1.807, 2.05) is 0 Å². The molecule has 0 bridgehead atoms. The van der Waals surface area contributed by atoms with Crippen LogP contribution in [-0.2, 0) is 32.5 Å². The van der Waals surface area contributed by atoms with E-state index < -0.39 is 0 Å². The molecule has 1 saturated carbocycles. The monoisotopic (exact) mass is 1010 g/mol. The molecule has 2 aliphatic carbocycles. The Hall–Kier alpha value is -6.46. The number of nitrogens with zero attached hydrogens (tertiary/aromatic N) is 3. The van der Waals surface area contributed by atoms with Gasteiger partial charge in [-0.1, -0.05) is 189 Å². The summed E-state index contributed by atoms with van der Waals surface area (Å²) in [7, 11) is 0. The molecule has 77 heavy (non-hydrogen) atoms. The minimum Gasteiger partial charge on any atom is -0.468 e. The van der Waals surface area contributed by atoms with Gasteiger partial charge in [0.05, 0.1) is 22.6 Å². The normalized spacial score (nSPS) is 21.1. The molecule has 0 amide bonds. The molecule has 2 atom stereocenters. The second-order valence-electron chi connectivity index (χ2n) is 28.8. The number of para-hydroxylation sites is 1. The number of rotatable bonds is 4. The van der Waals surface area contributed by atoms with Crippen molar-refractivity contribution in [3.63, 3.8) is 0 Å². The van der Waals surface area contributed by atoms with E-state index in [4.69, 9.17) is 4.42 Å². The van der Waals surface area contributed by atoms with Crippen LogP contribution in [0.15, 0.2) is 144 Å². The Labute approximate surface area is 461 Å². The summed E-state index contributed by atoms with van der Waals surface area (Å²) in [5.74, 6) is 0. The lowest BCUT2D eigenvalue weighted by molar-refractivity contribution is 0.195. The van der Waals surface area contributed by atoms with E-state index in [9.17, 15) is 0 Å². The van der Waals surface area contributed by atoms with Crippen molar-refractivity contribution >= 4 is 79.8 Å². The van der Waals surface area contributed by atoms with Crippen LogP contribution in [0.1, 0.15) is 176 Å². The summed E-state index contributed by atoms with van der Waals surface area (Å²) in [6, 6.07) is 55.0. The Kier molecular flexibility index (Phi) is 10.8. The molecule has 5 heteroatoms. The summed E-state index contributed by atoms with van der Waals surface area (Å²) in [6.45, 7) is 35.9. The maximum atomic E-state index is 7.81. The predicted molar refractivity (Wildman–Crippen MR) is 330 cm³/mol. The highest BCUT2D eigenvalue weighted by molar-refractivity contribution is 7.00. The molecule has 2 unspecified atom stereocenters. The van der Waals surface area contributed by atoms with Crippen LogP contribution in [0, 0.1) is 0 Å². The van der Waals surface area contributed by atoms with E-state index in [2.05, 4.69) is 258 Å². The van der Waals surface area contributed by atoms with Gasteiger partial charge in [-0.15, -0.1) is 0 Å². The largest absolute Gasteiger partial charge is 0.468 e. The molecular weight excluding hydrogens is 934 g/mol. The van der Waals surface area contributed by atoms with Gasteiger partial charge < -0.3 is 19.1 Å². The van der Waals surface area contributed by atoms with Crippen LogP contribution in [0.4, 0.5) is 45.5 Å². The summed E-state index contributed by atoms with van der Waals surface area (Å²) < 4.78 is 7.81. The van der Waals surface area contributed by atoms with E-state index in [0.717, 1.165) is 41.9 Å². The molecule has 0 radical (unpaired) electrons. The molecule has 0 N–H and O–H groups in total. The molecule has 8 aromatic rings. The van der Waals surface area contributed by atoms with Crippen LogP contribution in [0.3, 0.4) is 0 Å². The zero-order valence-corrected chi connectivity index (χ0v) is 48.8.